The van der Waals surface area contributed by atoms with Crippen LogP contribution in [-0.4, -0.2) is 12.2 Å². The highest BCUT2D eigenvalue weighted by Crippen LogP contribution is 2.36. The van der Waals surface area contributed by atoms with Crippen molar-refractivity contribution in [1.29, 1.82) is 0 Å². The van der Waals surface area contributed by atoms with Gasteiger partial charge in [0.25, 0.3) is 0 Å². The van der Waals surface area contributed by atoms with E-state index in [4.69, 9.17) is 0 Å². The second-order valence-corrected chi connectivity index (χ2v) is 5.10. The summed E-state index contributed by atoms with van der Waals surface area (Å²) >= 11 is 1.50. The number of carbonyl (C=O) groups is 1. The van der Waals surface area contributed by atoms with Crippen molar-refractivity contribution in [3.63, 3.8) is 0 Å². The summed E-state index contributed by atoms with van der Waals surface area (Å²) in [4.78, 5) is 11.8. The van der Waals surface area contributed by atoms with Crippen LogP contribution in [0.15, 0.2) is 18.2 Å². The van der Waals surface area contributed by atoms with E-state index in [2.05, 4.69) is 32.0 Å². The maximum Gasteiger partial charge on any atom is 0.237 e. The molecule has 3 heteroatoms. The van der Waals surface area contributed by atoms with Crippen LogP contribution in [0.25, 0.3) is 0 Å². The molecule has 1 aromatic carbocycles. The average Bonchev–Trinajstić information content (AvgIpc) is 2.27. The van der Waals surface area contributed by atoms with Crippen LogP contribution in [0.4, 0.5) is 5.69 Å². The number of anilines is 1. The molecule has 1 amide bonds. The lowest BCUT2D eigenvalue weighted by molar-refractivity contribution is -0.117. The van der Waals surface area contributed by atoms with E-state index in [1.54, 1.807) is 0 Å². The molecule has 0 atom stereocenters. The van der Waals surface area contributed by atoms with Crippen molar-refractivity contribution in [3.05, 3.63) is 29.3 Å². The molecular weight excluding hydrogens is 218 g/mol. The number of hydrogen-bond donors (Lipinski definition) is 0. The highest BCUT2D eigenvalue weighted by Gasteiger charge is 2.25. The van der Waals surface area contributed by atoms with E-state index in [1.165, 1.54) is 23.1 Å². The molecule has 0 aromatic heterocycles. The maximum absolute atomic E-state index is 11.8. The monoisotopic (exact) mass is 235 g/mol. The fourth-order valence-corrected chi connectivity index (χ4v) is 2.93. The molecular formula is C13H17NOS. The predicted octanol–water partition coefficient (Wildman–Crippen LogP) is 3.37. The zero-order valence-electron chi connectivity index (χ0n) is 9.99. The van der Waals surface area contributed by atoms with Gasteiger partial charge < -0.3 is 0 Å². The fourth-order valence-electron chi connectivity index (χ4n) is 2.26. The predicted molar refractivity (Wildman–Crippen MR) is 69.9 cm³/mol. The molecule has 2 rings (SSSR count). The molecule has 1 heterocycles. The van der Waals surface area contributed by atoms with Crippen molar-refractivity contribution in [3.8, 4) is 0 Å². The first kappa shape index (κ1) is 11.5. The van der Waals surface area contributed by atoms with Gasteiger partial charge in [-0.25, -0.2) is 0 Å². The van der Waals surface area contributed by atoms with Crippen molar-refractivity contribution in [2.24, 2.45) is 0 Å². The summed E-state index contributed by atoms with van der Waals surface area (Å²) < 4.78 is 1.82. The molecule has 1 aromatic rings. The van der Waals surface area contributed by atoms with Gasteiger partial charge in [0.1, 0.15) is 0 Å². The molecule has 1 aliphatic heterocycles. The summed E-state index contributed by atoms with van der Waals surface area (Å²) in [6.07, 6.45) is 3.48. The Hall–Kier alpha value is -0.960. The SMILES string of the molecule is CSN1C(=O)CCc2c(C(C)C)cccc21. The summed E-state index contributed by atoms with van der Waals surface area (Å²) in [5.74, 6) is 0.743. The highest BCUT2D eigenvalue weighted by atomic mass is 32.2. The van der Waals surface area contributed by atoms with Crippen molar-refractivity contribution in [1.82, 2.24) is 0 Å². The van der Waals surface area contributed by atoms with Gasteiger partial charge in [-0.1, -0.05) is 26.0 Å². The Bertz CT molecular complexity index is 414. The van der Waals surface area contributed by atoms with Gasteiger partial charge in [-0.15, -0.1) is 0 Å². The van der Waals surface area contributed by atoms with E-state index in [1.807, 2.05) is 10.6 Å². The lowest BCUT2D eigenvalue weighted by Crippen LogP contribution is -2.29. The molecule has 16 heavy (non-hydrogen) atoms. The molecule has 0 N–H and O–H groups in total. The van der Waals surface area contributed by atoms with E-state index in [-0.39, 0.29) is 5.91 Å². The number of carbonyl (C=O) groups excluding carboxylic acids is 1. The van der Waals surface area contributed by atoms with Crippen LogP contribution >= 0.6 is 11.9 Å². The minimum atomic E-state index is 0.223. The Morgan fingerprint density at radius 3 is 2.69 bits per heavy atom. The van der Waals surface area contributed by atoms with Crippen LogP contribution in [0.3, 0.4) is 0 Å². The van der Waals surface area contributed by atoms with Gasteiger partial charge in [-0.2, -0.15) is 0 Å². The standard InChI is InChI=1S/C13H17NOS/c1-9(2)10-5-4-6-12-11(10)7-8-13(15)14(12)16-3/h4-6,9H,7-8H2,1-3H3. The third-order valence-electron chi connectivity index (χ3n) is 3.03. The molecule has 0 saturated heterocycles. The Morgan fingerprint density at radius 2 is 2.06 bits per heavy atom. The molecule has 0 spiro atoms. The first-order chi connectivity index (χ1) is 7.65. The number of rotatable bonds is 2. The van der Waals surface area contributed by atoms with Gasteiger partial charge >= 0.3 is 0 Å². The van der Waals surface area contributed by atoms with Crippen LogP contribution in [0.1, 0.15) is 37.3 Å². The molecule has 0 aliphatic carbocycles. The highest BCUT2D eigenvalue weighted by molar-refractivity contribution is 8.00. The zero-order valence-corrected chi connectivity index (χ0v) is 10.8. The van der Waals surface area contributed by atoms with E-state index in [9.17, 15) is 4.79 Å². The molecule has 86 valence electrons. The molecule has 1 aliphatic rings. The molecule has 0 saturated carbocycles. The third-order valence-corrected chi connectivity index (χ3v) is 3.79. The van der Waals surface area contributed by atoms with Crippen molar-refractivity contribution in [2.45, 2.75) is 32.6 Å². The van der Waals surface area contributed by atoms with Gasteiger partial charge in [-0.3, -0.25) is 9.10 Å². The van der Waals surface area contributed by atoms with E-state index in [0.717, 1.165) is 12.1 Å². The number of hydrogen-bond acceptors (Lipinski definition) is 2. The van der Waals surface area contributed by atoms with Crippen molar-refractivity contribution >= 4 is 23.5 Å². The van der Waals surface area contributed by atoms with Gasteiger partial charge in [0, 0.05) is 12.7 Å². The normalized spacial score (nSPS) is 15.5. The van der Waals surface area contributed by atoms with Crippen LogP contribution in [0.2, 0.25) is 0 Å². The Balaban J connectivity index is 2.52. The van der Waals surface area contributed by atoms with E-state index in [0.29, 0.717) is 12.3 Å². The first-order valence-corrected chi connectivity index (χ1v) is 6.82. The Morgan fingerprint density at radius 1 is 1.31 bits per heavy atom. The van der Waals surface area contributed by atoms with Gasteiger partial charge in [-0.05, 0) is 41.5 Å². The smallest absolute Gasteiger partial charge is 0.237 e. The van der Waals surface area contributed by atoms with Gasteiger partial charge in [0.15, 0.2) is 0 Å². The fraction of sp³-hybridized carbons (Fsp3) is 0.462. The topological polar surface area (TPSA) is 20.3 Å². The van der Waals surface area contributed by atoms with Crippen LogP contribution in [0, 0.1) is 0 Å². The third kappa shape index (κ3) is 1.84. The second kappa shape index (κ2) is 4.50. The van der Waals surface area contributed by atoms with Crippen LogP contribution < -0.4 is 4.31 Å². The van der Waals surface area contributed by atoms with E-state index < -0.39 is 0 Å². The number of nitrogens with zero attached hydrogens (tertiary/aromatic N) is 1. The summed E-state index contributed by atoms with van der Waals surface area (Å²) in [6, 6.07) is 6.28. The maximum atomic E-state index is 11.8. The number of amides is 1. The summed E-state index contributed by atoms with van der Waals surface area (Å²) in [7, 11) is 0. The van der Waals surface area contributed by atoms with E-state index >= 15 is 0 Å². The first-order valence-electron chi connectivity index (χ1n) is 5.64. The number of fused-ring (bicyclic) bond motifs is 1. The summed E-state index contributed by atoms with van der Waals surface area (Å²) in [5.41, 5.74) is 3.82. The van der Waals surface area contributed by atoms with Crippen molar-refractivity contribution < 1.29 is 4.79 Å². The largest absolute Gasteiger partial charge is 0.274 e. The Kier molecular flexibility index (Phi) is 3.24. The second-order valence-electron chi connectivity index (χ2n) is 4.37. The van der Waals surface area contributed by atoms with Crippen LogP contribution in [0.5, 0.6) is 0 Å². The molecule has 0 fully saturated rings. The minimum absolute atomic E-state index is 0.223. The molecule has 0 unspecified atom stereocenters. The average molecular weight is 235 g/mol. The lowest BCUT2D eigenvalue weighted by Gasteiger charge is -2.29. The molecule has 0 bridgehead atoms. The lowest BCUT2D eigenvalue weighted by atomic mass is 9.91. The summed E-state index contributed by atoms with van der Waals surface area (Å²) in [6.45, 7) is 4.41. The van der Waals surface area contributed by atoms with Gasteiger partial charge in [0.2, 0.25) is 5.91 Å². The Labute approximate surface area is 101 Å². The zero-order chi connectivity index (χ0) is 11.7. The molecule has 2 nitrogen and oxygen atoms in total. The van der Waals surface area contributed by atoms with Crippen LogP contribution in [-0.2, 0) is 11.2 Å². The quantitative estimate of drug-likeness (QED) is 0.733. The minimum Gasteiger partial charge on any atom is -0.274 e. The number of benzene rings is 1. The van der Waals surface area contributed by atoms with Gasteiger partial charge in [0.05, 0.1) is 5.69 Å². The summed E-state index contributed by atoms with van der Waals surface area (Å²) in [5, 5.41) is 0. The van der Waals surface area contributed by atoms with Crippen molar-refractivity contribution in [2.75, 3.05) is 10.6 Å². The molecule has 0 radical (unpaired) electrons.